The maximum atomic E-state index is 14.7. The number of anilines is 1. The summed E-state index contributed by atoms with van der Waals surface area (Å²) in [6, 6.07) is 31.4. The highest BCUT2D eigenvalue weighted by atomic mass is 35.5. The summed E-state index contributed by atoms with van der Waals surface area (Å²) in [7, 11) is 0. The molecule has 0 aliphatic heterocycles. The first kappa shape index (κ1) is 26.5. The molecule has 0 aliphatic rings. The van der Waals surface area contributed by atoms with Crippen LogP contribution in [0.5, 0.6) is 0 Å². The average Bonchev–Trinajstić information content (AvgIpc) is 2.93. The molecule has 0 heterocycles. The van der Waals surface area contributed by atoms with Gasteiger partial charge in [0.2, 0.25) is 5.91 Å². The molecule has 1 amide bonds. The molecule has 0 aliphatic carbocycles. The Morgan fingerprint density at radius 2 is 1.27 bits per heavy atom. The van der Waals surface area contributed by atoms with Gasteiger partial charge in [-0.2, -0.15) is 0 Å². The monoisotopic (exact) mass is 531 g/mol. The van der Waals surface area contributed by atoms with Crippen molar-refractivity contribution in [2.24, 2.45) is 0 Å². The standard InChI is InChI=1S/C31H27Cl2NO3/c1-3-37-29(35)22-17-19-25(20-18-22)34(21-26-27(32)15-10-16-28(26)33)30(36)31(2,23-11-6-4-7-12-23)24-13-8-5-9-14-24/h4-20H,3,21H2,1-2H3. The fourth-order valence-corrected chi connectivity index (χ4v) is 4.86. The third kappa shape index (κ3) is 5.56. The van der Waals surface area contributed by atoms with Gasteiger partial charge < -0.3 is 9.64 Å². The van der Waals surface area contributed by atoms with Gasteiger partial charge in [-0.3, -0.25) is 4.79 Å². The molecule has 0 bridgehead atoms. The van der Waals surface area contributed by atoms with Crippen LogP contribution in [0.15, 0.2) is 103 Å². The van der Waals surface area contributed by atoms with Crippen LogP contribution >= 0.6 is 23.2 Å². The number of ether oxygens (including phenoxy) is 1. The van der Waals surface area contributed by atoms with Crippen molar-refractivity contribution in [1.82, 2.24) is 0 Å². The molecular weight excluding hydrogens is 505 g/mol. The molecule has 4 aromatic carbocycles. The molecule has 0 saturated carbocycles. The van der Waals surface area contributed by atoms with E-state index >= 15 is 0 Å². The molecule has 6 heteroatoms. The Balaban J connectivity index is 1.86. The van der Waals surface area contributed by atoms with Crippen molar-refractivity contribution in [2.45, 2.75) is 25.8 Å². The second kappa shape index (κ2) is 11.6. The summed E-state index contributed by atoms with van der Waals surface area (Å²) < 4.78 is 5.12. The summed E-state index contributed by atoms with van der Waals surface area (Å²) in [6.45, 7) is 4.11. The minimum atomic E-state index is -1.02. The van der Waals surface area contributed by atoms with E-state index in [1.54, 1.807) is 54.3 Å². The molecule has 0 fully saturated rings. The lowest BCUT2D eigenvalue weighted by molar-refractivity contribution is -0.122. The molecule has 4 aromatic rings. The molecule has 188 valence electrons. The molecule has 0 atom stereocenters. The maximum absolute atomic E-state index is 14.7. The molecule has 0 radical (unpaired) electrons. The van der Waals surface area contributed by atoms with Gasteiger partial charge in [-0.25, -0.2) is 4.79 Å². The summed E-state index contributed by atoms with van der Waals surface area (Å²) in [4.78, 5) is 28.6. The van der Waals surface area contributed by atoms with Crippen molar-refractivity contribution < 1.29 is 14.3 Å². The van der Waals surface area contributed by atoms with Gasteiger partial charge in [0.25, 0.3) is 0 Å². The van der Waals surface area contributed by atoms with Crippen LogP contribution < -0.4 is 4.90 Å². The van der Waals surface area contributed by atoms with E-state index in [9.17, 15) is 9.59 Å². The zero-order chi connectivity index (χ0) is 26.4. The van der Waals surface area contributed by atoms with E-state index in [1.165, 1.54) is 0 Å². The number of carbonyl (C=O) groups is 2. The maximum Gasteiger partial charge on any atom is 0.338 e. The fraction of sp³-hybridized carbons (Fsp3) is 0.161. The minimum absolute atomic E-state index is 0.144. The highest BCUT2D eigenvalue weighted by molar-refractivity contribution is 6.36. The Hall–Kier alpha value is -3.60. The van der Waals surface area contributed by atoms with Crippen molar-refractivity contribution >= 4 is 40.8 Å². The summed E-state index contributed by atoms with van der Waals surface area (Å²) >= 11 is 13.1. The predicted octanol–water partition coefficient (Wildman–Crippen LogP) is 7.71. The first-order valence-electron chi connectivity index (χ1n) is 12.0. The van der Waals surface area contributed by atoms with E-state index < -0.39 is 11.4 Å². The summed E-state index contributed by atoms with van der Waals surface area (Å²) in [5.41, 5.74) is 2.33. The SMILES string of the molecule is CCOC(=O)c1ccc(N(Cc2c(Cl)cccc2Cl)C(=O)C(C)(c2ccccc2)c2ccccc2)cc1. The normalized spacial score (nSPS) is 11.1. The third-order valence-corrected chi connectivity index (χ3v) is 7.15. The lowest BCUT2D eigenvalue weighted by atomic mass is 9.75. The van der Waals surface area contributed by atoms with E-state index in [0.717, 1.165) is 11.1 Å². The van der Waals surface area contributed by atoms with Crippen molar-refractivity contribution in [2.75, 3.05) is 11.5 Å². The predicted molar refractivity (Wildman–Crippen MR) is 149 cm³/mol. The largest absolute Gasteiger partial charge is 0.462 e. The van der Waals surface area contributed by atoms with Gasteiger partial charge in [0.05, 0.1) is 24.1 Å². The second-order valence-corrected chi connectivity index (χ2v) is 9.53. The van der Waals surface area contributed by atoms with E-state index in [0.29, 0.717) is 26.9 Å². The van der Waals surface area contributed by atoms with E-state index in [-0.39, 0.29) is 19.1 Å². The smallest absolute Gasteiger partial charge is 0.338 e. The molecule has 37 heavy (non-hydrogen) atoms. The van der Waals surface area contributed by atoms with Crippen LogP contribution in [0.3, 0.4) is 0 Å². The molecule has 0 spiro atoms. The van der Waals surface area contributed by atoms with Gasteiger partial charge in [-0.1, -0.05) is 89.9 Å². The average molecular weight is 532 g/mol. The first-order valence-corrected chi connectivity index (χ1v) is 12.7. The van der Waals surface area contributed by atoms with Crippen LogP contribution in [0.1, 0.15) is 40.9 Å². The molecule has 0 N–H and O–H groups in total. The Bertz CT molecular complexity index is 1310. The Morgan fingerprint density at radius 3 is 1.76 bits per heavy atom. The highest BCUT2D eigenvalue weighted by Crippen LogP contribution is 2.37. The van der Waals surface area contributed by atoms with Gasteiger partial charge in [0.1, 0.15) is 0 Å². The van der Waals surface area contributed by atoms with Gasteiger partial charge in [-0.15, -0.1) is 0 Å². The van der Waals surface area contributed by atoms with E-state index in [1.807, 2.05) is 67.6 Å². The van der Waals surface area contributed by atoms with Gasteiger partial charge in [-0.05, 0) is 61.4 Å². The number of rotatable bonds is 8. The number of halogens is 2. The van der Waals surface area contributed by atoms with Crippen molar-refractivity contribution in [3.8, 4) is 0 Å². The molecule has 0 saturated heterocycles. The molecule has 0 unspecified atom stereocenters. The molecule has 4 rings (SSSR count). The fourth-order valence-electron chi connectivity index (χ4n) is 4.34. The van der Waals surface area contributed by atoms with E-state index in [2.05, 4.69) is 0 Å². The minimum Gasteiger partial charge on any atom is -0.462 e. The Kier molecular flexibility index (Phi) is 8.32. The number of benzene rings is 4. The lowest BCUT2D eigenvalue weighted by Gasteiger charge is -2.36. The zero-order valence-corrected chi connectivity index (χ0v) is 22.2. The Labute approximate surface area is 227 Å². The molecule has 4 nitrogen and oxygen atoms in total. The van der Waals surface area contributed by atoms with Gasteiger partial charge >= 0.3 is 5.97 Å². The topological polar surface area (TPSA) is 46.6 Å². The third-order valence-electron chi connectivity index (χ3n) is 6.44. The van der Waals surface area contributed by atoms with Crippen LogP contribution in [0.4, 0.5) is 5.69 Å². The zero-order valence-electron chi connectivity index (χ0n) is 20.7. The summed E-state index contributed by atoms with van der Waals surface area (Å²) in [5, 5.41) is 0.934. The first-order chi connectivity index (χ1) is 17.9. The van der Waals surface area contributed by atoms with Crippen molar-refractivity contribution in [1.29, 1.82) is 0 Å². The van der Waals surface area contributed by atoms with Crippen molar-refractivity contribution in [3.63, 3.8) is 0 Å². The van der Waals surface area contributed by atoms with Gasteiger partial charge in [0.15, 0.2) is 0 Å². The summed E-state index contributed by atoms with van der Waals surface area (Å²) in [5.74, 6) is -0.579. The number of carbonyl (C=O) groups excluding carboxylic acids is 2. The van der Waals surface area contributed by atoms with Crippen LogP contribution in [-0.2, 0) is 21.5 Å². The lowest BCUT2D eigenvalue weighted by Crippen LogP contribution is -2.46. The van der Waals surface area contributed by atoms with Crippen LogP contribution in [0.25, 0.3) is 0 Å². The second-order valence-electron chi connectivity index (χ2n) is 8.72. The van der Waals surface area contributed by atoms with Crippen LogP contribution in [0.2, 0.25) is 10.0 Å². The number of amides is 1. The Morgan fingerprint density at radius 1 is 0.757 bits per heavy atom. The quantitative estimate of drug-likeness (QED) is 0.219. The molecule has 0 aromatic heterocycles. The van der Waals surface area contributed by atoms with Gasteiger partial charge in [0, 0.05) is 21.3 Å². The molecular formula is C31H27Cl2NO3. The highest BCUT2D eigenvalue weighted by Gasteiger charge is 2.41. The number of hydrogen-bond acceptors (Lipinski definition) is 3. The number of hydrogen-bond donors (Lipinski definition) is 0. The number of esters is 1. The van der Waals surface area contributed by atoms with Crippen molar-refractivity contribution in [3.05, 3.63) is 135 Å². The van der Waals surface area contributed by atoms with E-state index in [4.69, 9.17) is 27.9 Å². The van der Waals surface area contributed by atoms with Crippen LogP contribution in [0, 0.1) is 0 Å². The number of nitrogens with zero attached hydrogens (tertiary/aromatic N) is 1. The van der Waals surface area contributed by atoms with Crippen LogP contribution in [-0.4, -0.2) is 18.5 Å². The summed E-state index contributed by atoms with van der Waals surface area (Å²) in [6.07, 6.45) is 0.